The highest BCUT2D eigenvalue weighted by molar-refractivity contribution is 5.86. The maximum atomic E-state index is 12.8. The monoisotopic (exact) mass is 308 g/mol. The molecule has 1 heterocycles. The molecule has 0 radical (unpaired) electrons. The Labute approximate surface area is 120 Å². The van der Waals surface area contributed by atoms with Crippen LogP contribution in [0.25, 0.3) is 16.7 Å². The first kappa shape index (κ1) is 14.0. The molecule has 0 N–H and O–H groups in total. The summed E-state index contributed by atoms with van der Waals surface area (Å²) in [5, 5.41) is 18.5. The van der Waals surface area contributed by atoms with Crippen LogP contribution in [0.1, 0.15) is 5.56 Å². The summed E-state index contributed by atoms with van der Waals surface area (Å²) in [7, 11) is 0. The molecule has 0 saturated heterocycles. The number of aromatic nitrogens is 3. The molecule has 112 valence electrons. The van der Waals surface area contributed by atoms with Gasteiger partial charge in [0.1, 0.15) is 5.52 Å². The summed E-state index contributed by atoms with van der Waals surface area (Å²) in [6.45, 7) is 0. The number of benzene rings is 2. The van der Waals surface area contributed by atoms with Crippen molar-refractivity contribution in [2.75, 3.05) is 0 Å². The van der Waals surface area contributed by atoms with Gasteiger partial charge in [0.15, 0.2) is 5.52 Å². The number of fused-ring (bicyclic) bond motifs is 1. The molecule has 3 rings (SSSR count). The van der Waals surface area contributed by atoms with Crippen LogP contribution in [-0.4, -0.2) is 19.9 Å². The lowest BCUT2D eigenvalue weighted by Gasteiger charge is -2.07. The molecule has 0 aliphatic rings. The number of halogens is 3. The van der Waals surface area contributed by atoms with Gasteiger partial charge in [0.05, 0.1) is 16.2 Å². The highest BCUT2D eigenvalue weighted by Crippen LogP contribution is 2.36. The number of non-ortho nitro benzene ring substituents is 1. The van der Waals surface area contributed by atoms with Crippen molar-refractivity contribution in [2.45, 2.75) is 6.18 Å². The fourth-order valence-corrected chi connectivity index (χ4v) is 2.09. The Bertz CT molecular complexity index is 859. The van der Waals surface area contributed by atoms with Gasteiger partial charge in [0.2, 0.25) is 0 Å². The van der Waals surface area contributed by atoms with Gasteiger partial charge in [-0.25, -0.2) is 4.68 Å². The second-order valence-corrected chi connectivity index (χ2v) is 4.45. The maximum absolute atomic E-state index is 12.8. The molecule has 0 aliphatic carbocycles. The predicted molar refractivity (Wildman–Crippen MR) is 70.5 cm³/mol. The third-order valence-electron chi connectivity index (χ3n) is 3.05. The first-order valence-corrected chi connectivity index (χ1v) is 6.04. The van der Waals surface area contributed by atoms with E-state index < -0.39 is 22.4 Å². The van der Waals surface area contributed by atoms with Crippen LogP contribution in [0, 0.1) is 10.1 Å². The summed E-state index contributed by atoms with van der Waals surface area (Å²) in [6.07, 6.45) is -4.70. The van der Waals surface area contributed by atoms with E-state index in [0.717, 1.165) is 10.7 Å². The Kier molecular flexibility index (Phi) is 3.05. The first-order valence-electron chi connectivity index (χ1n) is 6.04. The van der Waals surface area contributed by atoms with E-state index >= 15 is 0 Å². The average molecular weight is 308 g/mol. The molecule has 22 heavy (non-hydrogen) atoms. The minimum absolute atomic E-state index is 0.0794. The molecule has 0 spiro atoms. The summed E-state index contributed by atoms with van der Waals surface area (Å²) in [5.41, 5.74) is -1.63. The third kappa shape index (κ3) is 2.26. The molecule has 9 heteroatoms. The van der Waals surface area contributed by atoms with Crippen LogP contribution >= 0.6 is 0 Å². The van der Waals surface area contributed by atoms with Gasteiger partial charge in [-0.1, -0.05) is 23.4 Å². The fraction of sp³-hybridized carbons (Fsp3) is 0.0769. The number of para-hydroxylation sites is 1. The van der Waals surface area contributed by atoms with Crippen molar-refractivity contribution in [1.82, 2.24) is 15.0 Å². The van der Waals surface area contributed by atoms with Crippen molar-refractivity contribution in [1.29, 1.82) is 0 Å². The second-order valence-electron chi connectivity index (χ2n) is 4.45. The Hall–Kier alpha value is -2.97. The van der Waals surface area contributed by atoms with Crippen molar-refractivity contribution < 1.29 is 18.1 Å². The Balaban J connectivity index is 2.33. The number of hydrogen-bond acceptors (Lipinski definition) is 4. The zero-order chi connectivity index (χ0) is 15.9. The lowest BCUT2D eigenvalue weighted by Crippen LogP contribution is -2.06. The molecule has 1 aromatic heterocycles. The van der Waals surface area contributed by atoms with Crippen LogP contribution < -0.4 is 0 Å². The standard InChI is InChI=1S/C13H7F3N4O2/c14-13(15,16)8-6-10-12(11(7-8)20(21)22)19(18-17-10)9-4-2-1-3-5-9/h1-7H. The molecule has 0 atom stereocenters. The molecular weight excluding hydrogens is 301 g/mol. The topological polar surface area (TPSA) is 73.8 Å². The van der Waals surface area contributed by atoms with Gasteiger partial charge in [-0.2, -0.15) is 13.2 Å². The van der Waals surface area contributed by atoms with E-state index in [4.69, 9.17) is 0 Å². The van der Waals surface area contributed by atoms with Crippen molar-refractivity contribution in [2.24, 2.45) is 0 Å². The van der Waals surface area contributed by atoms with Gasteiger partial charge >= 0.3 is 6.18 Å². The highest BCUT2D eigenvalue weighted by Gasteiger charge is 2.34. The largest absolute Gasteiger partial charge is 0.416 e. The fourth-order valence-electron chi connectivity index (χ4n) is 2.09. The van der Waals surface area contributed by atoms with Gasteiger partial charge < -0.3 is 0 Å². The number of nitro benzene ring substituents is 1. The van der Waals surface area contributed by atoms with Crippen molar-refractivity contribution >= 4 is 16.7 Å². The molecule has 0 saturated carbocycles. The predicted octanol–water partition coefficient (Wildman–Crippen LogP) is 3.35. The summed E-state index contributed by atoms with van der Waals surface area (Å²) in [5.74, 6) is 0. The normalized spacial score (nSPS) is 11.8. The van der Waals surface area contributed by atoms with E-state index in [1.54, 1.807) is 30.3 Å². The van der Waals surface area contributed by atoms with Crippen LogP contribution in [0.3, 0.4) is 0 Å². The van der Waals surface area contributed by atoms with Crippen molar-refractivity contribution in [3.05, 3.63) is 58.1 Å². The number of nitro groups is 1. The Morgan fingerprint density at radius 1 is 1.14 bits per heavy atom. The van der Waals surface area contributed by atoms with Crippen LogP contribution in [0.2, 0.25) is 0 Å². The van der Waals surface area contributed by atoms with Gasteiger partial charge in [-0.05, 0) is 18.2 Å². The molecule has 2 aromatic carbocycles. The number of nitrogens with zero attached hydrogens (tertiary/aromatic N) is 4. The highest BCUT2D eigenvalue weighted by atomic mass is 19.4. The number of hydrogen-bond donors (Lipinski definition) is 0. The smallest absolute Gasteiger partial charge is 0.258 e. The molecule has 0 unspecified atom stereocenters. The zero-order valence-electron chi connectivity index (χ0n) is 10.8. The molecule has 6 nitrogen and oxygen atoms in total. The second kappa shape index (κ2) is 4.79. The summed E-state index contributed by atoms with van der Waals surface area (Å²) >= 11 is 0. The van der Waals surface area contributed by atoms with E-state index in [0.29, 0.717) is 11.8 Å². The van der Waals surface area contributed by atoms with Crippen molar-refractivity contribution in [3.63, 3.8) is 0 Å². The lowest BCUT2D eigenvalue weighted by atomic mass is 10.1. The number of alkyl halides is 3. The zero-order valence-corrected chi connectivity index (χ0v) is 10.8. The quantitative estimate of drug-likeness (QED) is 0.537. The maximum Gasteiger partial charge on any atom is 0.416 e. The van der Waals surface area contributed by atoms with E-state index in [2.05, 4.69) is 10.3 Å². The van der Waals surface area contributed by atoms with E-state index in [1.165, 1.54) is 0 Å². The van der Waals surface area contributed by atoms with E-state index in [-0.39, 0.29) is 11.0 Å². The van der Waals surface area contributed by atoms with Gasteiger partial charge in [0, 0.05) is 6.07 Å². The van der Waals surface area contributed by atoms with Gasteiger partial charge in [-0.3, -0.25) is 10.1 Å². The summed E-state index contributed by atoms with van der Waals surface area (Å²) in [4.78, 5) is 10.3. The van der Waals surface area contributed by atoms with E-state index in [9.17, 15) is 23.3 Å². The van der Waals surface area contributed by atoms with Crippen LogP contribution in [0.5, 0.6) is 0 Å². The lowest BCUT2D eigenvalue weighted by molar-refractivity contribution is -0.383. The van der Waals surface area contributed by atoms with Crippen LogP contribution in [-0.2, 0) is 6.18 Å². The summed E-state index contributed by atoms with van der Waals surface area (Å²) in [6, 6.07) is 9.57. The molecule has 3 aromatic rings. The van der Waals surface area contributed by atoms with Crippen LogP contribution in [0.15, 0.2) is 42.5 Å². The minimum Gasteiger partial charge on any atom is -0.258 e. The Morgan fingerprint density at radius 2 is 1.82 bits per heavy atom. The number of rotatable bonds is 2. The van der Waals surface area contributed by atoms with Gasteiger partial charge in [0.25, 0.3) is 5.69 Å². The van der Waals surface area contributed by atoms with Gasteiger partial charge in [-0.15, -0.1) is 5.10 Å². The molecule has 0 fully saturated rings. The minimum atomic E-state index is -4.70. The third-order valence-corrected chi connectivity index (χ3v) is 3.05. The summed E-state index contributed by atoms with van der Waals surface area (Å²) < 4.78 is 39.6. The first-order chi connectivity index (χ1) is 10.4. The molecule has 0 amide bonds. The molecule has 0 aliphatic heterocycles. The Morgan fingerprint density at radius 3 is 2.41 bits per heavy atom. The van der Waals surface area contributed by atoms with Crippen molar-refractivity contribution in [3.8, 4) is 5.69 Å². The van der Waals surface area contributed by atoms with E-state index in [1.807, 2.05) is 0 Å². The van der Waals surface area contributed by atoms with Crippen LogP contribution in [0.4, 0.5) is 18.9 Å². The molecule has 0 bridgehead atoms. The SMILES string of the molecule is O=[N+]([O-])c1cc(C(F)(F)F)cc2nnn(-c3ccccc3)c12. The average Bonchev–Trinajstić information content (AvgIpc) is 2.90. The molecular formula is C13H7F3N4O2.